The molecule has 2 fully saturated rings. The van der Waals surface area contributed by atoms with E-state index in [0.29, 0.717) is 19.0 Å². The van der Waals surface area contributed by atoms with E-state index < -0.39 is 0 Å². The van der Waals surface area contributed by atoms with Crippen LogP contribution in [0.3, 0.4) is 0 Å². The molecule has 1 amide bonds. The molecule has 0 spiro atoms. The number of nitrogens with one attached hydrogen (secondary N) is 1. The van der Waals surface area contributed by atoms with E-state index in [4.69, 9.17) is 22.1 Å². The van der Waals surface area contributed by atoms with Crippen LogP contribution in [0.5, 0.6) is 0 Å². The highest BCUT2D eigenvalue weighted by molar-refractivity contribution is 6.30. The second-order valence-corrected chi connectivity index (χ2v) is 7.59. The minimum atomic E-state index is -0.0877. The van der Waals surface area contributed by atoms with E-state index in [9.17, 15) is 4.79 Å². The highest BCUT2D eigenvalue weighted by Gasteiger charge is 2.37. The van der Waals surface area contributed by atoms with E-state index in [1.165, 1.54) is 5.56 Å². The largest absolute Gasteiger partial charge is 0.381 e. The van der Waals surface area contributed by atoms with Crippen molar-refractivity contribution in [2.75, 3.05) is 26.3 Å². The molecule has 25 heavy (non-hydrogen) atoms. The van der Waals surface area contributed by atoms with Crippen molar-refractivity contribution in [3.63, 3.8) is 0 Å². The lowest BCUT2D eigenvalue weighted by Gasteiger charge is -2.38. The Hall–Kier alpha value is -0.810. The van der Waals surface area contributed by atoms with Crippen molar-refractivity contribution in [3.8, 4) is 0 Å². The summed E-state index contributed by atoms with van der Waals surface area (Å²) in [6.07, 6.45) is 4.94. The summed E-state index contributed by atoms with van der Waals surface area (Å²) in [5, 5.41) is 3.96. The van der Waals surface area contributed by atoms with E-state index >= 15 is 0 Å². The van der Waals surface area contributed by atoms with Crippen LogP contribution in [0.4, 0.5) is 0 Å². The van der Waals surface area contributed by atoms with E-state index in [-0.39, 0.29) is 29.6 Å². The molecule has 0 bridgehead atoms. The molecular weight excluding hydrogens is 359 g/mol. The minimum absolute atomic E-state index is 0. The van der Waals surface area contributed by atoms with Gasteiger partial charge < -0.3 is 15.8 Å². The van der Waals surface area contributed by atoms with E-state index in [1.54, 1.807) is 0 Å². The first-order chi connectivity index (χ1) is 11.6. The van der Waals surface area contributed by atoms with Crippen LogP contribution in [0, 0.1) is 11.8 Å². The van der Waals surface area contributed by atoms with Crippen molar-refractivity contribution >= 4 is 29.9 Å². The van der Waals surface area contributed by atoms with Gasteiger partial charge in [0.25, 0.3) is 0 Å². The molecule has 140 valence electrons. The lowest BCUT2D eigenvalue weighted by atomic mass is 9.74. The van der Waals surface area contributed by atoms with Crippen molar-refractivity contribution < 1.29 is 9.53 Å². The van der Waals surface area contributed by atoms with Crippen molar-refractivity contribution in [2.45, 2.75) is 37.5 Å². The molecule has 1 saturated heterocycles. The SMILES string of the molecule is Cl.NC[C@H]1CCC[C@H]1C(=O)NCC1(c2cccc(Cl)c2)CCOCC1. The number of hydrogen-bond donors (Lipinski definition) is 2. The highest BCUT2D eigenvalue weighted by atomic mass is 35.5. The molecule has 1 aliphatic heterocycles. The fraction of sp³-hybridized carbons (Fsp3) is 0.632. The van der Waals surface area contributed by atoms with Gasteiger partial charge in [0.15, 0.2) is 0 Å². The molecule has 1 aromatic rings. The van der Waals surface area contributed by atoms with Gasteiger partial charge in [0, 0.05) is 36.1 Å². The first-order valence-corrected chi connectivity index (χ1v) is 9.34. The number of amides is 1. The fourth-order valence-electron chi connectivity index (χ4n) is 4.20. The zero-order chi connectivity index (χ0) is 17.0. The molecule has 0 radical (unpaired) electrons. The zero-order valence-corrected chi connectivity index (χ0v) is 16.1. The second-order valence-electron chi connectivity index (χ2n) is 7.15. The van der Waals surface area contributed by atoms with Gasteiger partial charge in [-0.15, -0.1) is 12.4 Å². The van der Waals surface area contributed by atoms with Gasteiger partial charge in [-0.3, -0.25) is 4.79 Å². The predicted octanol–water partition coefficient (Wildman–Crippen LogP) is 3.30. The van der Waals surface area contributed by atoms with Gasteiger partial charge in [0.1, 0.15) is 0 Å². The van der Waals surface area contributed by atoms with E-state index in [2.05, 4.69) is 11.4 Å². The number of rotatable bonds is 5. The Labute approximate surface area is 161 Å². The number of nitrogens with two attached hydrogens (primary N) is 1. The zero-order valence-electron chi connectivity index (χ0n) is 14.5. The molecule has 1 aliphatic carbocycles. The van der Waals surface area contributed by atoms with Crippen LogP contribution >= 0.6 is 24.0 Å². The van der Waals surface area contributed by atoms with Crippen LogP contribution < -0.4 is 11.1 Å². The summed E-state index contributed by atoms with van der Waals surface area (Å²) >= 11 is 6.20. The molecular formula is C19H28Cl2N2O2. The van der Waals surface area contributed by atoms with Crippen LogP contribution in [-0.2, 0) is 14.9 Å². The second kappa shape index (κ2) is 9.22. The summed E-state index contributed by atoms with van der Waals surface area (Å²) in [7, 11) is 0. The fourth-order valence-corrected chi connectivity index (χ4v) is 4.39. The summed E-state index contributed by atoms with van der Waals surface area (Å²) < 4.78 is 5.56. The Morgan fingerprint density at radius 3 is 2.76 bits per heavy atom. The lowest BCUT2D eigenvalue weighted by molar-refractivity contribution is -0.126. The normalized spacial score (nSPS) is 25.2. The molecule has 0 unspecified atom stereocenters. The third-order valence-electron chi connectivity index (χ3n) is 5.79. The monoisotopic (exact) mass is 386 g/mol. The average Bonchev–Trinajstić information content (AvgIpc) is 3.09. The van der Waals surface area contributed by atoms with Gasteiger partial charge in [0.05, 0.1) is 0 Å². The van der Waals surface area contributed by atoms with Crippen molar-refractivity contribution in [1.29, 1.82) is 0 Å². The van der Waals surface area contributed by atoms with Crippen LogP contribution in [0.25, 0.3) is 0 Å². The Morgan fingerprint density at radius 1 is 1.32 bits per heavy atom. The number of halogens is 2. The van der Waals surface area contributed by atoms with Crippen LogP contribution in [0.1, 0.15) is 37.7 Å². The molecule has 2 aliphatic rings. The number of carbonyl (C=O) groups is 1. The van der Waals surface area contributed by atoms with Crippen molar-refractivity contribution in [1.82, 2.24) is 5.32 Å². The van der Waals surface area contributed by atoms with E-state index in [0.717, 1.165) is 50.3 Å². The number of carbonyl (C=O) groups excluding carboxylic acids is 1. The number of ether oxygens (including phenoxy) is 1. The Kier molecular flexibility index (Phi) is 7.56. The average molecular weight is 387 g/mol. The lowest BCUT2D eigenvalue weighted by Crippen LogP contribution is -2.46. The third-order valence-corrected chi connectivity index (χ3v) is 6.02. The van der Waals surface area contributed by atoms with Crippen LogP contribution in [-0.4, -0.2) is 32.2 Å². The number of benzene rings is 1. The highest BCUT2D eigenvalue weighted by Crippen LogP contribution is 2.36. The molecule has 0 aromatic heterocycles. The predicted molar refractivity (Wildman–Crippen MR) is 103 cm³/mol. The molecule has 1 saturated carbocycles. The molecule has 6 heteroatoms. The summed E-state index contributed by atoms with van der Waals surface area (Å²) in [5.41, 5.74) is 6.93. The smallest absolute Gasteiger partial charge is 0.223 e. The standard InChI is InChI=1S/C19H27ClN2O2.ClH/c20-16-5-2-4-15(11-16)19(7-9-24-10-8-19)13-22-18(23)17-6-1-3-14(17)12-21;/h2,4-5,11,14,17H,1,3,6-10,12-13,21H2,(H,22,23);1H/t14-,17-;/m1./s1. The Morgan fingerprint density at radius 2 is 2.08 bits per heavy atom. The summed E-state index contributed by atoms with van der Waals surface area (Å²) in [5.74, 6) is 0.573. The topological polar surface area (TPSA) is 64.4 Å². The van der Waals surface area contributed by atoms with Gasteiger partial charge in [-0.1, -0.05) is 30.2 Å². The summed E-state index contributed by atoms with van der Waals surface area (Å²) in [6.45, 7) is 2.68. The van der Waals surface area contributed by atoms with Crippen LogP contribution in [0.15, 0.2) is 24.3 Å². The molecule has 1 heterocycles. The van der Waals surface area contributed by atoms with Gasteiger partial charge in [-0.05, 0) is 55.8 Å². The maximum Gasteiger partial charge on any atom is 0.223 e. The van der Waals surface area contributed by atoms with Gasteiger partial charge >= 0.3 is 0 Å². The van der Waals surface area contributed by atoms with Gasteiger partial charge in [0.2, 0.25) is 5.91 Å². The third kappa shape index (κ3) is 4.68. The van der Waals surface area contributed by atoms with E-state index in [1.807, 2.05) is 18.2 Å². The summed E-state index contributed by atoms with van der Waals surface area (Å²) in [6, 6.07) is 8.01. The van der Waals surface area contributed by atoms with Crippen LogP contribution in [0.2, 0.25) is 5.02 Å². The van der Waals surface area contributed by atoms with Gasteiger partial charge in [-0.2, -0.15) is 0 Å². The summed E-state index contributed by atoms with van der Waals surface area (Å²) in [4.78, 5) is 12.7. The maximum absolute atomic E-state index is 12.7. The Balaban J connectivity index is 0.00000225. The first-order valence-electron chi connectivity index (χ1n) is 8.96. The molecule has 2 atom stereocenters. The van der Waals surface area contributed by atoms with Crippen molar-refractivity contribution in [2.24, 2.45) is 17.6 Å². The number of hydrogen-bond acceptors (Lipinski definition) is 3. The Bertz CT molecular complexity index is 576. The molecule has 3 N–H and O–H groups in total. The maximum atomic E-state index is 12.7. The molecule has 1 aromatic carbocycles. The van der Waals surface area contributed by atoms with Crippen molar-refractivity contribution in [3.05, 3.63) is 34.9 Å². The molecule has 4 nitrogen and oxygen atoms in total. The minimum Gasteiger partial charge on any atom is -0.381 e. The molecule has 3 rings (SSSR count). The van der Waals surface area contributed by atoms with Gasteiger partial charge in [-0.25, -0.2) is 0 Å². The first kappa shape index (κ1) is 20.5. The quantitative estimate of drug-likeness (QED) is 0.815.